The smallest absolute Gasteiger partial charge is 0.319 e. The third-order valence-corrected chi connectivity index (χ3v) is 8.95. The van der Waals surface area contributed by atoms with Gasteiger partial charge in [0, 0.05) is 36.8 Å². The van der Waals surface area contributed by atoms with Crippen LogP contribution in [0.1, 0.15) is 32.1 Å². The molecular weight excluding hydrogens is 498 g/mol. The fraction of sp³-hybridized carbons (Fsp3) is 0.433. The van der Waals surface area contributed by atoms with Crippen molar-refractivity contribution in [3.05, 3.63) is 54.2 Å². The molecular formula is C30H32F2N6O. The average Bonchev–Trinajstić information content (AvgIpc) is 3.70. The molecule has 3 aliphatic rings. The zero-order chi connectivity index (χ0) is 26.6. The first-order valence-electron chi connectivity index (χ1n) is 13.9. The molecule has 0 amide bonds. The number of ether oxygens (including phenoxy) is 1. The molecule has 3 fully saturated rings. The van der Waals surface area contributed by atoms with Gasteiger partial charge < -0.3 is 15.0 Å². The van der Waals surface area contributed by atoms with E-state index in [1.54, 1.807) is 24.4 Å². The van der Waals surface area contributed by atoms with E-state index in [1.165, 1.54) is 6.07 Å². The van der Waals surface area contributed by atoms with Crippen molar-refractivity contribution in [2.24, 2.45) is 0 Å². The Morgan fingerprint density at radius 3 is 2.67 bits per heavy atom. The highest BCUT2D eigenvalue weighted by atomic mass is 19.1. The molecule has 3 saturated heterocycles. The summed E-state index contributed by atoms with van der Waals surface area (Å²) in [4.78, 5) is 18.5. The molecule has 1 N–H and O–H groups in total. The van der Waals surface area contributed by atoms with Crippen LogP contribution in [-0.4, -0.2) is 71.3 Å². The highest BCUT2D eigenvalue weighted by Gasteiger charge is 2.45. The second kappa shape index (κ2) is 9.64. The number of likely N-dealkylation sites (N-methyl/N-ethyl adjacent to an activating group) is 1. The zero-order valence-electron chi connectivity index (χ0n) is 22.1. The largest absolute Gasteiger partial charge is 0.461 e. The van der Waals surface area contributed by atoms with E-state index in [2.05, 4.69) is 25.1 Å². The van der Waals surface area contributed by atoms with Crippen LogP contribution in [-0.2, 0) is 0 Å². The highest BCUT2D eigenvalue weighted by molar-refractivity contribution is 5.99. The normalized spacial score (nSPS) is 20.6. The first kappa shape index (κ1) is 24.6. The highest BCUT2D eigenvalue weighted by Crippen LogP contribution is 2.40. The van der Waals surface area contributed by atoms with Crippen LogP contribution >= 0.6 is 0 Å². The predicted octanol–water partition coefficient (Wildman–Crippen LogP) is 4.93. The van der Waals surface area contributed by atoms with Crippen LogP contribution < -0.4 is 15.0 Å². The van der Waals surface area contributed by atoms with Crippen molar-refractivity contribution >= 4 is 27.5 Å². The summed E-state index contributed by atoms with van der Waals surface area (Å²) in [5.41, 5.74) is 0.614. The van der Waals surface area contributed by atoms with Gasteiger partial charge in [-0.25, -0.2) is 8.78 Å². The third kappa shape index (κ3) is 4.10. The van der Waals surface area contributed by atoms with E-state index in [9.17, 15) is 4.39 Å². The second-order valence-corrected chi connectivity index (χ2v) is 11.1. The summed E-state index contributed by atoms with van der Waals surface area (Å²) in [6.07, 6.45) is 7.08. The lowest BCUT2D eigenvalue weighted by molar-refractivity contribution is 0.108. The van der Waals surface area contributed by atoms with E-state index >= 15 is 4.39 Å². The third-order valence-electron chi connectivity index (χ3n) is 8.95. The van der Waals surface area contributed by atoms with Crippen molar-refractivity contribution in [1.82, 2.24) is 25.2 Å². The molecule has 0 bridgehead atoms. The fourth-order valence-electron chi connectivity index (χ4n) is 6.84. The number of benzene rings is 2. The Bertz CT molecular complexity index is 1540. The van der Waals surface area contributed by atoms with Gasteiger partial charge in [0.2, 0.25) is 0 Å². The standard InChI is InChI=1S/C30H32F2N6O/c1-37(20-10-13-33-16-20)28-22-17-34-26(21-8-2-6-19-7-3-9-23(31)24(19)21)25(32)27(22)35-29(36-28)39-18-30-11-4-14-38(30)15-5-12-30/h2-3,6-9,17,20,33H,4-5,10-16,18H2,1H3. The van der Waals surface area contributed by atoms with Crippen LogP contribution in [0.4, 0.5) is 14.6 Å². The van der Waals surface area contributed by atoms with E-state index in [-0.39, 0.29) is 28.8 Å². The number of rotatable bonds is 6. The number of fused-ring (bicyclic) bond motifs is 3. The minimum absolute atomic E-state index is 0.0161. The molecule has 0 radical (unpaired) electrons. The second-order valence-electron chi connectivity index (χ2n) is 11.1. The Hall–Kier alpha value is -3.43. The molecule has 5 heterocycles. The van der Waals surface area contributed by atoms with Crippen molar-refractivity contribution in [3.63, 3.8) is 0 Å². The Kier molecular flexibility index (Phi) is 6.08. The van der Waals surface area contributed by atoms with Gasteiger partial charge in [-0.05, 0) is 63.2 Å². The number of pyridine rings is 1. The molecule has 4 aromatic rings. The van der Waals surface area contributed by atoms with Gasteiger partial charge in [-0.1, -0.05) is 30.3 Å². The van der Waals surface area contributed by atoms with Gasteiger partial charge in [0.15, 0.2) is 5.82 Å². The average molecular weight is 531 g/mol. The number of nitrogens with one attached hydrogen (secondary N) is 1. The van der Waals surface area contributed by atoms with E-state index in [0.29, 0.717) is 34.1 Å². The number of nitrogens with zero attached hydrogens (tertiary/aromatic N) is 5. The van der Waals surface area contributed by atoms with Crippen LogP contribution in [0.3, 0.4) is 0 Å². The summed E-state index contributed by atoms with van der Waals surface area (Å²) >= 11 is 0. The molecule has 202 valence electrons. The molecule has 0 saturated carbocycles. The lowest BCUT2D eigenvalue weighted by Gasteiger charge is -2.31. The van der Waals surface area contributed by atoms with Crippen molar-refractivity contribution in [2.45, 2.75) is 43.7 Å². The number of hydrogen-bond donors (Lipinski definition) is 1. The Morgan fingerprint density at radius 1 is 1.10 bits per heavy atom. The number of hydrogen-bond acceptors (Lipinski definition) is 7. The van der Waals surface area contributed by atoms with Gasteiger partial charge in [-0.3, -0.25) is 9.88 Å². The molecule has 39 heavy (non-hydrogen) atoms. The molecule has 2 aromatic heterocycles. The van der Waals surface area contributed by atoms with Crippen LogP contribution in [0.2, 0.25) is 0 Å². The molecule has 7 nitrogen and oxygen atoms in total. The van der Waals surface area contributed by atoms with E-state index in [4.69, 9.17) is 9.72 Å². The molecule has 9 heteroatoms. The SMILES string of the molecule is CN(c1nc(OCC23CCCN2CCC3)nc2c(F)c(-c3cccc4cccc(F)c34)ncc12)C1CCNC1. The summed E-state index contributed by atoms with van der Waals surface area (Å²) in [6.45, 7) is 4.41. The molecule has 7 rings (SSSR count). The summed E-state index contributed by atoms with van der Waals surface area (Å²) in [5.74, 6) is -0.420. The zero-order valence-corrected chi connectivity index (χ0v) is 22.1. The van der Waals surface area contributed by atoms with Gasteiger partial charge in [0.1, 0.15) is 29.5 Å². The van der Waals surface area contributed by atoms with Crippen LogP contribution in [0, 0.1) is 11.6 Å². The molecule has 0 spiro atoms. The topological polar surface area (TPSA) is 66.4 Å². The molecule has 3 aliphatic heterocycles. The van der Waals surface area contributed by atoms with Gasteiger partial charge in [-0.15, -0.1) is 0 Å². The number of halogens is 2. The first-order chi connectivity index (χ1) is 19.0. The van der Waals surface area contributed by atoms with Gasteiger partial charge >= 0.3 is 6.01 Å². The van der Waals surface area contributed by atoms with Crippen molar-refractivity contribution in [3.8, 4) is 17.3 Å². The maximum absolute atomic E-state index is 16.4. The van der Waals surface area contributed by atoms with E-state index in [1.807, 2.05) is 19.2 Å². The fourth-order valence-corrected chi connectivity index (χ4v) is 6.84. The molecule has 2 aromatic carbocycles. The van der Waals surface area contributed by atoms with Crippen molar-refractivity contribution < 1.29 is 13.5 Å². The van der Waals surface area contributed by atoms with Crippen LogP contribution in [0.5, 0.6) is 6.01 Å². The number of anilines is 1. The molecule has 1 unspecified atom stereocenters. The van der Waals surface area contributed by atoms with E-state index in [0.717, 1.165) is 58.3 Å². The molecule has 0 aliphatic carbocycles. The lowest BCUT2D eigenvalue weighted by Crippen LogP contribution is -2.43. The maximum atomic E-state index is 16.4. The summed E-state index contributed by atoms with van der Waals surface area (Å²) in [5, 5.41) is 4.93. The quantitative estimate of drug-likeness (QED) is 0.379. The van der Waals surface area contributed by atoms with Gasteiger partial charge in [-0.2, -0.15) is 9.97 Å². The predicted molar refractivity (Wildman–Crippen MR) is 148 cm³/mol. The van der Waals surface area contributed by atoms with E-state index < -0.39 is 11.6 Å². The Labute approximate surface area is 226 Å². The van der Waals surface area contributed by atoms with Crippen molar-refractivity contribution in [2.75, 3.05) is 44.7 Å². The summed E-state index contributed by atoms with van der Waals surface area (Å²) < 4.78 is 37.6. The Morgan fingerprint density at radius 2 is 1.90 bits per heavy atom. The van der Waals surface area contributed by atoms with Gasteiger partial charge in [0.25, 0.3) is 0 Å². The Balaban J connectivity index is 1.35. The van der Waals surface area contributed by atoms with Crippen molar-refractivity contribution in [1.29, 1.82) is 0 Å². The summed E-state index contributed by atoms with van der Waals surface area (Å²) in [6, 6.07) is 10.5. The van der Waals surface area contributed by atoms with Crippen LogP contribution in [0.15, 0.2) is 42.6 Å². The molecule has 1 atom stereocenters. The maximum Gasteiger partial charge on any atom is 0.319 e. The minimum Gasteiger partial charge on any atom is -0.461 e. The minimum atomic E-state index is -0.601. The van der Waals surface area contributed by atoms with Crippen LogP contribution in [0.25, 0.3) is 32.9 Å². The lowest BCUT2D eigenvalue weighted by atomic mass is 9.95. The summed E-state index contributed by atoms with van der Waals surface area (Å²) in [7, 11) is 1.98. The monoisotopic (exact) mass is 530 g/mol. The number of aromatic nitrogens is 3. The first-order valence-corrected chi connectivity index (χ1v) is 13.9. The van der Waals surface area contributed by atoms with Gasteiger partial charge in [0.05, 0.1) is 10.9 Å².